The molecule has 0 N–H and O–H groups in total. The van der Waals surface area contributed by atoms with Crippen LogP contribution in [0.25, 0.3) is 0 Å². The van der Waals surface area contributed by atoms with Gasteiger partial charge in [0.05, 0.1) is 12.1 Å². The van der Waals surface area contributed by atoms with Gasteiger partial charge in [-0.15, -0.1) is 0 Å². The maximum Gasteiger partial charge on any atom is 0.257 e. The Hall–Kier alpha value is -2.66. The summed E-state index contributed by atoms with van der Waals surface area (Å²) in [7, 11) is 0. The predicted molar refractivity (Wildman–Crippen MR) is 125 cm³/mol. The molecule has 5 nitrogen and oxygen atoms in total. The van der Waals surface area contributed by atoms with Gasteiger partial charge in [0.25, 0.3) is 5.91 Å². The molecule has 1 aliphatic carbocycles. The summed E-state index contributed by atoms with van der Waals surface area (Å²) in [5.74, 6) is -0.857. The summed E-state index contributed by atoms with van der Waals surface area (Å²) in [6, 6.07) is 15.6. The summed E-state index contributed by atoms with van der Waals surface area (Å²) >= 11 is 6.13. The van der Waals surface area contributed by atoms with Gasteiger partial charge in [-0.25, -0.2) is 4.90 Å². The minimum absolute atomic E-state index is 0.00257. The van der Waals surface area contributed by atoms with Gasteiger partial charge in [0.15, 0.2) is 0 Å². The second kappa shape index (κ2) is 8.04. The van der Waals surface area contributed by atoms with Crippen LogP contribution in [0.15, 0.2) is 54.6 Å². The van der Waals surface area contributed by atoms with Gasteiger partial charge in [-0.1, -0.05) is 69.6 Å². The molecule has 6 heteroatoms. The molecule has 168 valence electrons. The Morgan fingerprint density at radius 2 is 1.69 bits per heavy atom. The normalized spacial score (nSPS) is 21.7. The van der Waals surface area contributed by atoms with Gasteiger partial charge in [0.1, 0.15) is 6.04 Å². The predicted octanol–water partition coefficient (Wildman–Crippen LogP) is 4.73. The number of imide groups is 1. The van der Waals surface area contributed by atoms with Crippen molar-refractivity contribution >= 4 is 35.0 Å². The molecular weight excluding hydrogens is 424 g/mol. The van der Waals surface area contributed by atoms with Crippen molar-refractivity contribution in [1.29, 1.82) is 0 Å². The molecule has 2 fully saturated rings. The fraction of sp³-hybridized carbons (Fsp3) is 0.423. The lowest BCUT2D eigenvalue weighted by atomic mass is 10.0. The zero-order valence-corrected chi connectivity index (χ0v) is 19.7. The summed E-state index contributed by atoms with van der Waals surface area (Å²) in [5.41, 5.74) is 1.20. The van der Waals surface area contributed by atoms with Crippen molar-refractivity contribution in [2.45, 2.75) is 46.6 Å². The third-order valence-electron chi connectivity index (χ3n) is 7.59. The number of hydrogen-bond acceptors (Lipinski definition) is 3. The summed E-state index contributed by atoms with van der Waals surface area (Å²) in [6.07, 6.45) is 0.561. The smallest absolute Gasteiger partial charge is 0.257 e. The molecule has 1 saturated heterocycles. The number of halogens is 1. The van der Waals surface area contributed by atoms with Crippen LogP contribution in [0.4, 0.5) is 5.69 Å². The zero-order chi connectivity index (χ0) is 23.3. The van der Waals surface area contributed by atoms with E-state index in [-0.39, 0.29) is 40.9 Å². The van der Waals surface area contributed by atoms with E-state index in [0.717, 1.165) is 5.56 Å². The largest absolute Gasteiger partial charge is 0.329 e. The van der Waals surface area contributed by atoms with E-state index >= 15 is 0 Å². The number of hydrogen-bond donors (Lipinski definition) is 0. The molecule has 2 aromatic rings. The van der Waals surface area contributed by atoms with E-state index in [0.29, 0.717) is 23.7 Å². The van der Waals surface area contributed by atoms with Gasteiger partial charge >= 0.3 is 0 Å². The first-order valence-corrected chi connectivity index (χ1v) is 11.4. The highest BCUT2D eigenvalue weighted by Crippen LogP contribution is 2.69. The Bertz CT molecular complexity index is 1050. The summed E-state index contributed by atoms with van der Waals surface area (Å²) in [4.78, 5) is 42.8. The third kappa shape index (κ3) is 3.73. The van der Waals surface area contributed by atoms with Crippen LogP contribution in [-0.2, 0) is 20.8 Å². The van der Waals surface area contributed by atoms with E-state index in [2.05, 4.69) is 27.7 Å². The fourth-order valence-corrected chi connectivity index (χ4v) is 5.26. The fourth-order valence-electron chi connectivity index (χ4n) is 5.05. The highest BCUT2D eigenvalue weighted by Gasteiger charge is 2.69. The van der Waals surface area contributed by atoms with Gasteiger partial charge < -0.3 is 4.90 Å². The maximum atomic E-state index is 13.7. The molecule has 32 heavy (non-hydrogen) atoms. The van der Waals surface area contributed by atoms with Gasteiger partial charge in [0.2, 0.25) is 11.8 Å². The Labute approximate surface area is 194 Å². The van der Waals surface area contributed by atoms with E-state index in [1.165, 1.54) is 4.90 Å². The molecule has 4 rings (SSSR count). The first-order valence-electron chi connectivity index (χ1n) is 11.0. The molecule has 2 aliphatic rings. The van der Waals surface area contributed by atoms with E-state index < -0.39 is 6.04 Å². The van der Waals surface area contributed by atoms with Crippen LogP contribution in [0.1, 0.15) is 39.7 Å². The summed E-state index contributed by atoms with van der Waals surface area (Å²) in [6.45, 7) is 8.70. The number of carbonyl (C=O) groups excluding carboxylic acids is 3. The molecule has 1 saturated carbocycles. The van der Waals surface area contributed by atoms with Gasteiger partial charge in [-0.2, -0.15) is 0 Å². The van der Waals surface area contributed by atoms with Crippen molar-refractivity contribution in [3.05, 3.63) is 65.2 Å². The van der Waals surface area contributed by atoms with Crippen LogP contribution in [0, 0.1) is 16.7 Å². The highest BCUT2D eigenvalue weighted by atomic mass is 35.5. The molecule has 0 spiro atoms. The van der Waals surface area contributed by atoms with Crippen LogP contribution < -0.4 is 4.90 Å². The second-order valence-corrected chi connectivity index (χ2v) is 10.3. The number of para-hydroxylation sites is 1. The van der Waals surface area contributed by atoms with Crippen molar-refractivity contribution in [1.82, 2.24) is 4.90 Å². The molecule has 1 unspecified atom stereocenters. The third-order valence-corrected chi connectivity index (χ3v) is 7.83. The van der Waals surface area contributed by atoms with Gasteiger partial charge in [-0.3, -0.25) is 14.4 Å². The van der Waals surface area contributed by atoms with Crippen LogP contribution in [0.5, 0.6) is 0 Å². The molecule has 0 radical (unpaired) electrons. The Balaban J connectivity index is 1.62. The van der Waals surface area contributed by atoms with E-state index in [1.54, 1.807) is 35.2 Å². The number of benzene rings is 2. The van der Waals surface area contributed by atoms with E-state index in [4.69, 9.17) is 11.6 Å². The number of carbonyl (C=O) groups is 3. The second-order valence-electron chi connectivity index (χ2n) is 9.91. The first-order chi connectivity index (χ1) is 15.1. The summed E-state index contributed by atoms with van der Waals surface area (Å²) < 4.78 is 0. The molecule has 0 aromatic heterocycles. The molecule has 1 aliphatic heterocycles. The highest BCUT2D eigenvalue weighted by molar-refractivity contribution is 6.30. The van der Waals surface area contributed by atoms with Crippen LogP contribution in [0.2, 0.25) is 5.02 Å². The van der Waals surface area contributed by atoms with Crippen LogP contribution in [-0.4, -0.2) is 35.2 Å². The van der Waals surface area contributed by atoms with Crippen molar-refractivity contribution in [3.8, 4) is 0 Å². The SMILES string of the molecule is CC1(C)C(C(=O)N(CCc2cccc(Cl)c2)C2CC(=O)N(c3ccccc3)C2=O)C1(C)C. The van der Waals surface area contributed by atoms with Gasteiger partial charge in [-0.05, 0) is 47.1 Å². The molecule has 1 atom stereocenters. The van der Waals surface area contributed by atoms with Crippen molar-refractivity contribution in [2.24, 2.45) is 16.7 Å². The first kappa shape index (κ1) is 22.5. The van der Waals surface area contributed by atoms with Gasteiger partial charge in [0, 0.05) is 17.5 Å². The minimum atomic E-state index is -0.790. The number of amides is 3. The Morgan fingerprint density at radius 3 is 2.28 bits per heavy atom. The van der Waals surface area contributed by atoms with E-state index in [1.807, 2.05) is 24.3 Å². The standard InChI is InChI=1S/C26H29ClN2O3/c1-25(2)22(26(25,3)4)24(32)28(14-13-17-9-8-10-18(27)15-17)20-16-21(30)29(23(20)31)19-11-6-5-7-12-19/h5-12,15,20,22H,13-14,16H2,1-4H3. The monoisotopic (exact) mass is 452 g/mol. The topological polar surface area (TPSA) is 57.7 Å². The number of anilines is 1. The Morgan fingerprint density at radius 1 is 1.03 bits per heavy atom. The Kier molecular flexibility index (Phi) is 5.66. The molecule has 2 aromatic carbocycles. The molecular formula is C26H29ClN2O3. The molecule has 3 amide bonds. The van der Waals surface area contributed by atoms with Crippen molar-refractivity contribution in [2.75, 3.05) is 11.4 Å². The number of nitrogens with zero attached hydrogens (tertiary/aromatic N) is 2. The quantitative estimate of drug-likeness (QED) is 0.595. The molecule has 1 heterocycles. The maximum absolute atomic E-state index is 13.7. The summed E-state index contributed by atoms with van der Waals surface area (Å²) in [5, 5.41) is 0.632. The zero-order valence-electron chi connectivity index (χ0n) is 19.0. The molecule has 0 bridgehead atoms. The van der Waals surface area contributed by atoms with Crippen LogP contribution >= 0.6 is 11.6 Å². The average molecular weight is 453 g/mol. The minimum Gasteiger partial charge on any atom is -0.329 e. The van der Waals surface area contributed by atoms with Crippen molar-refractivity contribution in [3.63, 3.8) is 0 Å². The lowest BCUT2D eigenvalue weighted by Gasteiger charge is -2.29. The number of rotatable bonds is 6. The lowest BCUT2D eigenvalue weighted by Crippen LogP contribution is -2.47. The lowest BCUT2D eigenvalue weighted by molar-refractivity contribution is -0.140. The van der Waals surface area contributed by atoms with Crippen molar-refractivity contribution < 1.29 is 14.4 Å². The van der Waals surface area contributed by atoms with E-state index in [9.17, 15) is 14.4 Å². The van der Waals surface area contributed by atoms with Crippen LogP contribution in [0.3, 0.4) is 0 Å². The average Bonchev–Trinajstić information content (AvgIpc) is 2.97.